The van der Waals surface area contributed by atoms with E-state index in [1.165, 1.54) is 12.8 Å². The molecule has 0 spiro atoms. The first-order valence-corrected chi connectivity index (χ1v) is 9.97. The average molecular weight is 381 g/mol. The number of aromatic hydroxyl groups is 1. The second-order valence-corrected chi connectivity index (χ2v) is 8.13. The minimum absolute atomic E-state index is 0.0808. The molecule has 1 aliphatic rings. The molecule has 0 saturated heterocycles. The number of aryl methyl sites for hydroxylation is 1. The summed E-state index contributed by atoms with van der Waals surface area (Å²) < 4.78 is 2.23. The van der Waals surface area contributed by atoms with Crippen LogP contribution in [-0.2, 0) is 13.0 Å². The molecular formula is C22H24N2O2S. The molecule has 1 fully saturated rings. The van der Waals surface area contributed by atoms with Gasteiger partial charge in [0, 0.05) is 35.4 Å². The Morgan fingerprint density at radius 1 is 1.30 bits per heavy atom. The number of phenolic OH excluding ortho intramolecular Hbond substituents is 1. The van der Waals surface area contributed by atoms with Crippen LogP contribution in [0.4, 0.5) is 0 Å². The van der Waals surface area contributed by atoms with E-state index in [-0.39, 0.29) is 17.5 Å². The number of phenols is 1. The summed E-state index contributed by atoms with van der Waals surface area (Å²) in [6, 6.07) is 12.8. The summed E-state index contributed by atoms with van der Waals surface area (Å²) in [7, 11) is 0. The van der Waals surface area contributed by atoms with Gasteiger partial charge in [-0.05, 0) is 49.4 Å². The number of ketones is 1. The highest BCUT2D eigenvalue weighted by Crippen LogP contribution is 2.33. The molecular weight excluding hydrogens is 356 g/mol. The Hall–Kier alpha value is -2.27. The lowest BCUT2D eigenvalue weighted by Gasteiger charge is -2.12. The standard InChI is InChI=1S/C22H24N2O2S/c1-14(22(26)16-3-2-4-18(27)11-16)5-10-21-23-19-9-8-17(25)12-20(19)24(21)13-15-6-7-15/h2-4,8-9,11-12,14-15,25,27H,5-7,10,13H2,1H3. The van der Waals surface area contributed by atoms with Gasteiger partial charge in [-0.1, -0.05) is 19.1 Å². The van der Waals surface area contributed by atoms with Crippen LogP contribution in [0.25, 0.3) is 11.0 Å². The normalized spacial score (nSPS) is 15.2. The van der Waals surface area contributed by atoms with Crippen molar-refractivity contribution in [2.45, 2.75) is 44.0 Å². The number of aromatic nitrogens is 2. The number of carbonyl (C=O) groups excluding carboxylic acids is 1. The van der Waals surface area contributed by atoms with Gasteiger partial charge in [-0.25, -0.2) is 4.98 Å². The van der Waals surface area contributed by atoms with Crippen molar-refractivity contribution in [2.75, 3.05) is 0 Å². The van der Waals surface area contributed by atoms with Gasteiger partial charge in [0.2, 0.25) is 0 Å². The maximum Gasteiger partial charge on any atom is 0.165 e. The van der Waals surface area contributed by atoms with Gasteiger partial charge in [0.15, 0.2) is 5.78 Å². The van der Waals surface area contributed by atoms with E-state index in [1.54, 1.807) is 12.1 Å². The van der Waals surface area contributed by atoms with Crippen molar-refractivity contribution in [1.29, 1.82) is 0 Å². The topological polar surface area (TPSA) is 55.1 Å². The molecule has 1 unspecified atom stereocenters. The van der Waals surface area contributed by atoms with Crippen LogP contribution in [0.5, 0.6) is 5.75 Å². The zero-order valence-electron chi connectivity index (χ0n) is 15.4. The maximum atomic E-state index is 12.7. The Kier molecular flexibility index (Phi) is 4.96. The summed E-state index contributed by atoms with van der Waals surface area (Å²) in [6.07, 6.45) is 4.00. The number of hydrogen-bond acceptors (Lipinski definition) is 4. The van der Waals surface area contributed by atoms with E-state index in [9.17, 15) is 9.90 Å². The highest BCUT2D eigenvalue weighted by atomic mass is 32.1. The molecule has 1 atom stereocenters. The number of thiol groups is 1. The van der Waals surface area contributed by atoms with Crippen LogP contribution >= 0.6 is 12.6 Å². The van der Waals surface area contributed by atoms with Crippen LogP contribution in [0, 0.1) is 11.8 Å². The molecule has 2 aromatic carbocycles. The van der Waals surface area contributed by atoms with Gasteiger partial charge in [0.05, 0.1) is 11.0 Å². The molecule has 1 N–H and O–H groups in total. The molecule has 5 heteroatoms. The van der Waals surface area contributed by atoms with Gasteiger partial charge in [-0.2, -0.15) is 0 Å². The predicted molar refractivity (Wildman–Crippen MR) is 110 cm³/mol. The number of fused-ring (bicyclic) bond motifs is 1. The van der Waals surface area contributed by atoms with E-state index in [2.05, 4.69) is 17.2 Å². The van der Waals surface area contributed by atoms with E-state index < -0.39 is 0 Å². The summed E-state index contributed by atoms with van der Waals surface area (Å²) in [5.41, 5.74) is 2.61. The second-order valence-electron chi connectivity index (χ2n) is 7.61. The van der Waals surface area contributed by atoms with E-state index >= 15 is 0 Å². The Morgan fingerprint density at radius 2 is 2.11 bits per heavy atom. The molecule has 3 aromatic rings. The number of benzene rings is 2. The quantitative estimate of drug-likeness (QED) is 0.453. The van der Waals surface area contributed by atoms with Crippen LogP contribution in [-0.4, -0.2) is 20.4 Å². The van der Waals surface area contributed by atoms with Gasteiger partial charge in [0.25, 0.3) is 0 Å². The molecule has 0 radical (unpaired) electrons. The van der Waals surface area contributed by atoms with Gasteiger partial charge < -0.3 is 9.67 Å². The Morgan fingerprint density at radius 3 is 2.85 bits per heavy atom. The monoisotopic (exact) mass is 380 g/mol. The van der Waals surface area contributed by atoms with E-state index in [0.717, 1.165) is 41.1 Å². The molecule has 1 heterocycles. The van der Waals surface area contributed by atoms with Crippen LogP contribution in [0.15, 0.2) is 47.4 Å². The lowest BCUT2D eigenvalue weighted by Crippen LogP contribution is -2.14. The number of imidazole rings is 1. The molecule has 1 aliphatic carbocycles. The molecule has 0 amide bonds. The summed E-state index contributed by atoms with van der Waals surface area (Å²) in [4.78, 5) is 18.3. The Bertz CT molecular complexity index is 991. The minimum atomic E-state index is -0.0808. The number of Topliss-reactive ketones (excluding diaryl/α,β-unsaturated/α-hetero) is 1. The lowest BCUT2D eigenvalue weighted by atomic mass is 9.95. The average Bonchev–Trinajstić information content (AvgIpc) is 3.41. The fourth-order valence-electron chi connectivity index (χ4n) is 3.53. The first kappa shape index (κ1) is 18.1. The number of carbonyl (C=O) groups is 1. The second kappa shape index (κ2) is 7.39. The predicted octanol–water partition coefficient (Wildman–Crippen LogP) is 4.89. The molecule has 4 nitrogen and oxygen atoms in total. The first-order chi connectivity index (χ1) is 13.0. The zero-order chi connectivity index (χ0) is 19.0. The van der Waals surface area contributed by atoms with E-state index in [1.807, 2.05) is 37.3 Å². The van der Waals surface area contributed by atoms with Gasteiger partial charge in [-0.15, -0.1) is 12.6 Å². The van der Waals surface area contributed by atoms with Crippen LogP contribution in [0.2, 0.25) is 0 Å². The maximum absolute atomic E-state index is 12.7. The lowest BCUT2D eigenvalue weighted by molar-refractivity contribution is 0.0923. The van der Waals surface area contributed by atoms with Gasteiger partial charge >= 0.3 is 0 Å². The summed E-state index contributed by atoms with van der Waals surface area (Å²) >= 11 is 4.33. The molecule has 0 aliphatic heterocycles. The van der Waals surface area contributed by atoms with Crippen molar-refractivity contribution in [1.82, 2.24) is 9.55 Å². The first-order valence-electron chi connectivity index (χ1n) is 9.52. The van der Waals surface area contributed by atoms with Crippen LogP contribution in [0.3, 0.4) is 0 Å². The van der Waals surface area contributed by atoms with Crippen molar-refractivity contribution >= 4 is 29.4 Å². The fourth-order valence-corrected chi connectivity index (χ4v) is 3.76. The summed E-state index contributed by atoms with van der Waals surface area (Å²) in [5.74, 6) is 2.04. The largest absolute Gasteiger partial charge is 0.508 e. The number of nitrogens with zero attached hydrogens (tertiary/aromatic N) is 2. The molecule has 4 rings (SSSR count). The third-order valence-electron chi connectivity index (χ3n) is 5.33. The number of hydrogen-bond donors (Lipinski definition) is 2. The van der Waals surface area contributed by atoms with Gasteiger partial charge in [0.1, 0.15) is 11.6 Å². The third kappa shape index (κ3) is 4.03. The van der Waals surface area contributed by atoms with Crippen LogP contribution < -0.4 is 0 Å². The Labute approximate surface area is 164 Å². The molecule has 140 valence electrons. The van der Waals surface area contributed by atoms with Crippen molar-refractivity contribution in [3.8, 4) is 5.75 Å². The van der Waals surface area contributed by atoms with Crippen molar-refractivity contribution in [3.05, 3.63) is 53.9 Å². The molecule has 27 heavy (non-hydrogen) atoms. The smallest absolute Gasteiger partial charge is 0.165 e. The highest BCUT2D eigenvalue weighted by molar-refractivity contribution is 7.80. The summed E-state index contributed by atoms with van der Waals surface area (Å²) in [6.45, 7) is 2.92. The third-order valence-corrected chi connectivity index (χ3v) is 5.61. The fraction of sp³-hybridized carbons (Fsp3) is 0.364. The zero-order valence-corrected chi connectivity index (χ0v) is 16.3. The number of rotatable bonds is 7. The summed E-state index contributed by atoms with van der Waals surface area (Å²) in [5, 5.41) is 9.86. The molecule has 1 aromatic heterocycles. The van der Waals surface area contributed by atoms with E-state index in [0.29, 0.717) is 11.5 Å². The van der Waals surface area contributed by atoms with Crippen LogP contribution in [0.1, 0.15) is 42.4 Å². The van der Waals surface area contributed by atoms with Crippen molar-refractivity contribution < 1.29 is 9.90 Å². The highest BCUT2D eigenvalue weighted by Gasteiger charge is 2.25. The minimum Gasteiger partial charge on any atom is -0.508 e. The van der Waals surface area contributed by atoms with E-state index in [4.69, 9.17) is 4.98 Å². The molecule has 0 bridgehead atoms. The van der Waals surface area contributed by atoms with Crippen molar-refractivity contribution in [3.63, 3.8) is 0 Å². The van der Waals surface area contributed by atoms with Crippen molar-refractivity contribution in [2.24, 2.45) is 11.8 Å². The SMILES string of the molecule is CC(CCc1nc2ccc(O)cc2n1CC1CC1)C(=O)c1cccc(S)c1. The Balaban J connectivity index is 1.53. The van der Waals surface area contributed by atoms with Gasteiger partial charge in [-0.3, -0.25) is 4.79 Å². The molecule has 1 saturated carbocycles.